The van der Waals surface area contributed by atoms with Gasteiger partial charge in [0.1, 0.15) is 30.2 Å². The molecule has 0 saturated heterocycles. The molecule has 2 aromatic rings. The molecule has 0 unspecified atom stereocenters. The number of nitrogens with one attached hydrogen (secondary N) is 2. The molecule has 0 heterocycles. The van der Waals surface area contributed by atoms with Gasteiger partial charge in [-0.05, 0) is 104 Å². The average molecular weight is 1300 g/mol. The predicted molar refractivity (Wildman–Crippen MR) is 322 cm³/mol. The second-order valence-electron chi connectivity index (χ2n) is 20.8. The largest absolute Gasteiger partial charge is 0.460 e. The minimum absolute atomic E-state index is 0. The Morgan fingerprint density at radius 2 is 0.812 bits per heavy atom. The van der Waals surface area contributed by atoms with E-state index in [1.807, 2.05) is 102 Å². The van der Waals surface area contributed by atoms with Crippen LogP contribution in [0.2, 0.25) is 0 Å². The van der Waals surface area contributed by atoms with Gasteiger partial charge in [0.2, 0.25) is 0 Å². The van der Waals surface area contributed by atoms with E-state index < -0.39 is 29.4 Å². The van der Waals surface area contributed by atoms with Gasteiger partial charge in [-0.25, -0.2) is 9.59 Å². The summed E-state index contributed by atoms with van der Waals surface area (Å²) >= 11 is 0. The molecule has 0 saturated carbocycles. The van der Waals surface area contributed by atoms with Gasteiger partial charge < -0.3 is 78.9 Å². The molecule has 2 amide bonds. The number of amides is 2. The Kier molecular flexibility index (Phi) is 55.9. The van der Waals surface area contributed by atoms with E-state index in [0.717, 1.165) is 24.0 Å². The second-order valence-corrected chi connectivity index (χ2v) is 20.8. The number of hydrogen-bond donors (Lipinski definition) is 4. The molecule has 85 heavy (non-hydrogen) atoms. The van der Waals surface area contributed by atoms with Crippen LogP contribution in [-0.4, -0.2) is 178 Å². The molecule has 0 aliphatic carbocycles. The van der Waals surface area contributed by atoms with Crippen LogP contribution in [0.4, 0.5) is 9.59 Å². The van der Waals surface area contributed by atoms with Crippen LogP contribution in [0.5, 0.6) is 0 Å². The van der Waals surface area contributed by atoms with Crippen LogP contribution in [0.1, 0.15) is 145 Å². The van der Waals surface area contributed by atoms with Gasteiger partial charge in [0, 0.05) is 53.0 Å². The first-order chi connectivity index (χ1) is 39.4. The van der Waals surface area contributed by atoms with Crippen molar-refractivity contribution in [1.82, 2.24) is 10.6 Å². The molecule has 0 aliphatic heterocycles. The summed E-state index contributed by atoms with van der Waals surface area (Å²) in [5, 5.41) is 5.43. The minimum atomic E-state index is -0.725. The van der Waals surface area contributed by atoms with Crippen molar-refractivity contribution in [3.05, 3.63) is 71.8 Å². The number of ether oxygens (including phenoxy) is 12. The molecule has 0 radical (unpaired) electrons. The fourth-order valence-corrected chi connectivity index (χ4v) is 7.00. The van der Waals surface area contributed by atoms with Crippen LogP contribution in [0.15, 0.2) is 60.7 Å². The van der Waals surface area contributed by atoms with Crippen molar-refractivity contribution in [2.24, 2.45) is 11.5 Å². The number of alkyl carbamates (subject to hydrolysis) is 2. The van der Waals surface area contributed by atoms with Gasteiger partial charge in [-0.15, -0.1) is 0 Å². The molecular formula is C62H108N4O18Pd. The molecule has 0 bridgehead atoms. The topological polar surface area (TPSA) is 289 Å². The summed E-state index contributed by atoms with van der Waals surface area (Å²) in [6, 6.07) is 17.6. The van der Waals surface area contributed by atoms with Gasteiger partial charge in [0.25, 0.3) is 0 Å². The number of nitrogens with two attached hydrogens (primary N) is 2. The standard InChI is InChI=1S/C38H56N2O11.C22H44N2O7.2CH4.Pd/c1-38(2,3)51-35(42)19-22-46-24-26-48-28-27-47-25-23-45-21-12-18-34(41)33(40-37(44)50-30-32-15-8-5-9-16-32)17-10-11-20-39-36(43)49-29-31-13-6-4-7-14-31;1-22(2,3)31-21(26)9-12-28-14-16-30-18-17-29-15-13-27-11-6-8-20(25)19(24)7-4-5-10-23;;;/h4-9,13-16,33H,10-12,17-30H2,1-3H3,(H,39,43)(H,40,44);19H,4-18,23-24H2,1-3H3;2*1H4;/t33-;19-;;;/m00.../s1. The molecule has 0 aromatic heterocycles. The summed E-state index contributed by atoms with van der Waals surface area (Å²) in [6.07, 6.45) is 5.16. The van der Waals surface area contributed by atoms with Crippen LogP contribution in [0, 0.1) is 0 Å². The first-order valence-corrected chi connectivity index (χ1v) is 28.9. The first-order valence-electron chi connectivity index (χ1n) is 28.9. The fraction of sp³-hybridized carbons (Fsp3) is 0.710. The van der Waals surface area contributed by atoms with Gasteiger partial charge >= 0.3 is 24.1 Å². The predicted octanol–water partition coefficient (Wildman–Crippen LogP) is 8.39. The van der Waals surface area contributed by atoms with Gasteiger partial charge in [0.05, 0.1) is 117 Å². The van der Waals surface area contributed by atoms with Gasteiger partial charge in [-0.1, -0.05) is 81.9 Å². The maximum atomic E-state index is 13.1. The first kappa shape index (κ1) is 84.7. The van der Waals surface area contributed by atoms with E-state index >= 15 is 0 Å². The van der Waals surface area contributed by atoms with E-state index in [4.69, 9.17) is 68.3 Å². The number of carbonyl (C=O) groups excluding carboxylic acids is 6. The Labute approximate surface area is 522 Å². The molecule has 2 rings (SSSR count). The normalized spacial score (nSPS) is 11.7. The van der Waals surface area contributed by atoms with Crippen molar-refractivity contribution in [3.63, 3.8) is 0 Å². The second kappa shape index (κ2) is 56.1. The summed E-state index contributed by atoms with van der Waals surface area (Å²) < 4.78 is 64.5. The number of hydrogen-bond acceptors (Lipinski definition) is 20. The Bertz CT molecular complexity index is 1950. The van der Waals surface area contributed by atoms with Crippen LogP contribution < -0.4 is 22.1 Å². The van der Waals surface area contributed by atoms with Crippen molar-refractivity contribution < 1.29 is 106 Å². The number of ketones is 2. The fourth-order valence-electron chi connectivity index (χ4n) is 7.00. The van der Waals surface area contributed by atoms with E-state index in [-0.39, 0.29) is 104 Å². The van der Waals surface area contributed by atoms with Crippen molar-refractivity contribution in [3.8, 4) is 0 Å². The molecular weight excluding hydrogens is 1200 g/mol. The summed E-state index contributed by atoms with van der Waals surface area (Å²) in [5.41, 5.74) is 12.1. The van der Waals surface area contributed by atoms with Crippen LogP contribution in [0.3, 0.4) is 0 Å². The summed E-state index contributed by atoms with van der Waals surface area (Å²) in [7, 11) is 0. The zero-order valence-corrected chi connectivity index (χ0v) is 51.9. The summed E-state index contributed by atoms with van der Waals surface area (Å²) in [6.45, 7) is 18.8. The number of carbonyl (C=O) groups is 6. The quantitative estimate of drug-likeness (QED) is 0.0209. The van der Waals surface area contributed by atoms with Crippen molar-refractivity contribution in [2.75, 3.05) is 119 Å². The SMILES string of the molecule is C.C.CC(C)(C)OC(=O)CCOCCOCCOCCOCCCC(=O)[C@@H](N)CCCCN.CC(C)(C)OC(=O)CCOCCOCCOCCOCCCC(=O)[C@H](CCCCNC(=O)OCc1ccccc1)NC(=O)OCc1ccccc1.[Pd]. The molecule has 22 nitrogen and oxygen atoms in total. The Hall–Kier alpha value is -4.48. The van der Waals surface area contributed by atoms with Crippen LogP contribution in [-0.2, 0) is 110 Å². The van der Waals surface area contributed by atoms with Crippen LogP contribution in [0.25, 0.3) is 0 Å². The zero-order chi connectivity index (χ0) is 60.4. The van der Waals surface area contributed by atoms with Crippen molar-refractivity contribution in [1.29, 1.82) is 0 Å². The van der Waals surface area contributed by atoms with Crippen molar-refractivity contribution in [2.45, 2.75) is 170 Å². The van der Waals surface area contributed by atoms with Gasteiger partial charge in [-0.2, -0.15) is 0 Å². The zero-order valence-electron chi connectivity index (χ0n) is 50.4. The maximum Gasteiger partial charge on any atom is 0.408 e. The van der Waals surface area contributed by atoms with Gasteiger partial charge in [-0.3, -0.25) is 19.2 Å². The Balaban J connectivity index is -0.00000171. The van der Waals surface area contributed by atoms with Gasteiger partial charge in [0.15, 0.2) is 5.78 Å². The van der Waals surface area contributed by atoms with Crippen molar-refractivity contribution >= 4 is 35.7 Å². The van der Waals surface area contributed by atoms with Crippen LogP contribution >= 0.6 is 0 Å². The monoisotopic (exact) mass is 1300 g/mol. The summed E-state index contributed by atoms with van der Waals surface area (Å²) in [4.78, 5) is 72.6. The van der Waals surface area contributed by atoms with E-state index in [0.29, 0.717) is 157 Å². The molecule has 6 N–H and O–H groups in total. The third kappa shape index (κ3) is 55.8. The number of benzene rings is 2. The molecule has 0 spiro atoms. The molecule has 0 aliphatic rings. The number of unbranched alkanes of at least 4 members (excludes halogenated alkanes) is 2. The van der Waals surface area contributed by atoms with E-state index in [1.165, 1.54) is 0 Å². The Morgan fingerprint density at radius 3 is 1.21 bits per heavy atom. The minimum Gasteiger partial charge on any atom is -0.460 e. The molecule has 0 fully saturated rings. The smallest absolute Gasteiger partial charge is 0.408 e. The van der Waals surface area contributed by atoms with E-state index in [2.05, 4.69) is 10.6 Å². The third-order valence-corrected chi connectivity index (χ3v) is 11.1. The molecule has 2 aromatic carbocycles. The molecule has 23 heteroatoms. The number of esters is 2. The third-order valence-electron chi connectivity index (χ3n) is 11.1. The molecule has 494 valence electrons. The van der Waals surface area contributed by atoms with E-state index in [9.17, 15) is 28.8 Å². The number of rotatable bonds is 48. The maximum absolute atomic E-state index is 13.1. The summed E-state index contributed by atoms with van der Waals surface area (Å²) in [5.74, 6) is -0.589. The average Bonchev–Trinajstić information content (AvgIpc) is 3.48. The Morgan fingerprint density at radius 1 is 0.447 bits per heavy atom. The number of Topliss-reactive ketones (excluding diaryl/α,β-unsaturated/α-hetero) is 2. The molecule has 2 atom stereocenters. The van der Waals surface area contributed by atoms with E-state index in [1.54, 1.807) is 0 Å².